The number of anilines is 1. The molecule has 3 fully saturated rings. The third-order valence-electron chi connectivity index (χ3n) is 6.39. The minimum atomic E-state index is -0.109. The summed E-state index contributed by atoms with van der Waals surface area (Å²) in [7, 11) is 0. The summed E-state index contributed by atoms with van der Waals surface area (Å²) in [4.78, 5) is 27.2. The smallest absolute Gasteiger partial charge is 0.255 e. The zero-order chi connectivity index (χ0) is 18.3. The van der Waals surface area contributed by atoms with Crippen molar-refractivity contribution >= 4 is 29.1 Å². The summed E-state index contributed by atoms with van der Waals surface area (Å²) >= 11 is 6.35. The van der Waals surface area contributed by atoms with E-state index in [1.807, 2.05) is 4.90 Å². The molecule has 0 radical (unpaired) electrons. The number of likely N-dealkylation sites (tertiary alicyclic amines) is 1. The van der Waals surface area contributed by atoms with Gasteiger partial charge in [-0.3, -0.25) is 9.59 Å². The largest absolute Gasteiger partial charge is 0.339 e. The van der Waals surface area contributed by atoms with Crippen molar-refractivity contribution < 1.29 is 9.59 Å². The molecule has 4 atom stereocenters. The van der Waals surface area contributed by atoms with E-state index in [0.717, 1.165) is 45.2 Å². The predicted octanol–water partition coefficient (Wildman–Crippen LogP) is 3.28. The van der Waals surface area contributed by atoms with Crippen LogP contribution in [0.5, 0.6) is 0 Å². The molecule has 1 aromatic carbocycles. The third kappa shape index (κ3) is 3.23. The van der Waals surface area contributed by atoms with Crippen molar-refractivity contribution in [1.82, 2.24) is 4.90 Å². The Hall–Kier alpha value is -1.59. The maximum Gasteiger partial charge on any atom is 0.255 e. The highest BCUT2D eigenvalue weighted by atomic mass is 35.5. The summed E-state index contributed by atoms with van der Waals surface area (Å²) in [5.74, 6) is 0.745. The van der Waals surface area contributed by atoms with Crippen molar-refractivity contribution in [2.75, 3.05) is 18.4 Å². The Morgan fingerprint density at radius 2 is 1.85 bits per heavy atom. The van der Waals surface area contributed by atoms with E-state index in [-0.39, 0.29) is 23.8 Å². The highest BCUT2D eigenvalue weighted by Gasteiger charge is 2.49. The Morgan fingerprint density at radius 3 is 2.50 bits per heavy atom. The van der Waals surface area contributed by atoms with E-state index in [9.17, 15) is 9.59 Å². The summed E-state index contributed by atoms with van der Waals surface area (Å²) in [6.45, 7) is 1.57. The summed E-state index contributed by atoms with van der Waals surface area (Å²) < 4.78 is 0. The van der Waals surface area contributed by atoms with Crippen LogP contribution in [0, 0.1) is 17.8 Å². The molecule has 6 heteroatoms. The van der Waals surface area contributed by atoms with E-state index in [2.05, 4.69) is 5.32 Å². The fourth-order valence-corrected chi connectivity index (χ4v) is 5.25. The molecule has 0 aromatic heterocycles. The second-order valence-electron chi connectivity index (χ2n) is 7.97. The van der Waals surface area contributed by atoms with Gasteiger partial charge in [0.15, 0.2) is 0 Å². The molecule has 1 aromatic rings. The Kier molecular flexibility index (Phi) is 4.93. The van der Waals surface area contributed by atoms with Gasteiger partial charge in [0, 0.05) is 24.8 Å². The number of amides is 2. The van der Waals surface area contributed by atoms with Crippen molar-refractivity contribution in [1.29, 1.82) is 0 Å². The van der Waals surface area contributed by atoms with Crippen molar-refractivity contribution in [3.8, 4) is 0 Å². The van der Waals surface area contributed by atoms with Gasteiger partial charge in [0.1, 0.15) is 0 Å². The molecule has 1 heterocycles. The number of benzene rings is 1. The van der Waals surface area contributed by atoms with Crippen LogP contribution < -0.4 is 11.1 Å². The molecule has 3 aliphatic rings. The monoisotopic (exact) mass is 375 g/mol. The molecule has 2 saturated carbocycles. The first kappa shape index (κ1) is 17.8. The number of carbonyl (C=O) groups excluding carboxylic acids is 2. The van der Waals surface area contributed by atoms with Gasteiger partial charge in [-0.15, -0.1) is 0 Å². The fourth-order valence-electron chi connectivity index (χ4n) is 4.98. The van der Waals surface area contributed by atoms with Crippen LogP contribution in [0.4, 0.5) is 5.69 Å². The second-order valence-corrected chi connectivity index (χ2v) is 8.38. The number of nitrogens with one attached hydrogen (secondary N) is 1. The van der Waals surface area contributed by atoms with Crippen LogP contribution in [0.15, 0.2) is 18.2 Å². The number of rotatable bonds is 3. The lowest BCUT2D eigenvalue weighted by Crippen LogP contribution is -2.42. The van der Waals surface area contributed by atoms with Gasteiger partial charge in [0.05, 0.1) is 16.5 Å². The SMILES string of the molecule is NC1C2CCC(C2)C1C(=O)Nc1ccc(C(=O)N2CCCCC2)c(Cl)c1. The van der Waals surface area contributed by atoms with E-state index < -0.39 is 0 Å². The standard InChI is InChI=1S/C20H26ClN3O2/c21-16-11-14(6-7-15(16)20(26)24-8-2-1-3-9-24)23-19(25)17-12-4-5-13(10-12)18(17)22/h6-7,11-13,17-18H,1-5,8-10,22H2,(H,23,25). The van der Waals surface area contributed by atoms with Crippen molar-refractivity contribution in [2.45, 2.75) is 44.6 Å². The second kappa shape index (κ2) is 7.20. The molecular weight excluding hydrogens is 350 g/mol. The molecule has 2 aliphatic carbocycles. The zero-order valence-corrected chi connectivity index (χ0v) is 15.7. The van der Waals surface area contributed by atoms with Gasteiger partial charge < -0.3 is 16.0 Å². The maximum absolute atomic E-state index is 12.7. The Bertz CT molecular complexity index is 715. The number of hydrogen-bond donors (Lipinski definition) is 2. The fraction of sp³-hybridized carbons (Fsp3) is 0.600. The number of fused-ring (bicyclic) bond motifs is 2. The number of carbonyl (C=O) groups is 2. The van der Waals surface area contributed by atoms with Crippen molar-refractivity contribution in [3.05, 3.63) is 28.8 Å². The molecule has 1 saturated heterocycles. The summed E-state index contributed by atoms with van der Waals surface area (Å²) in [6, 6.07) is 5.12. The molecule has 26 heavy (non-hydrogen) atoms. The Labute approximate surface area is 159 Å². The minimum Gasteiger partial charge on any atom is -0.339 e. The molecule has 140 valence electrons. The quantitative estimate of drug-likeness (QED) is 0.851. The van der Waals surface area contributed by atoms with Gasteiger partial charge >= 0.3 is 0 Å². The first-order chi connectivity index (χ1) is 12.5. The normalized spacial score (nSPS) is 30.5. The molecule has 5 nitrogen and oxygen atoms in total. The number of halogens is 1. The lowest BCUT2D eigenvalue weighted by molar-refractivity contribution is -0.121. The first-order valence-electron chi connectivity index (χ1n) is 9.70. The molecule has 4 unspecified atom stereocenters. The first-order valence-corrected chi connectivity index (χ1v) is 10.1. The van der Waals surface area contributed by atoms with E-state index in [1.54, 1.807) is 18.2 Å². The molecule has 1 aliphatic heterocycles. The van der Waals surface area contributed by atoms with E-state index in [1.165, 1.54) is 6.42 Å². The Balaban J connectivity index is 1.44. The van der Waals surface area contributed by atoms with E-state index in [4.69, 9.17) is 17.3 Å². The highest BCUT2D eigenvalue weighted by Crippen LogP contribution is 2.48. The van der Waals surface area contributed by atoms with E-state index >= 15 is 0 Å². The average Bonchev–Trinajstić information content (AvgIpc) is 3.23. The number of piperidine rings is 1. The third-order valence-corrected chi connectivity index (χ3v) is 6.71. The zero-order valence-electron chi connectivity index (χ0n) is 14.9. The number of hydrogen-bond acceptors (Lipinski definition) is 3. The molecule has 4 rings (SSSR count). The van der Waals surface area contributed by atoms with Crippen LogP contribution in [0.1, 0.15) is 48.9 Å². The van der Waals surface area contributed by atoms with Crippen LogP contribution in [-0.4, -0.2) is 35.8 Å². The maximum atomic E-state index is 12.7. The van der Waals surface area contributed by atoms with Crippen LogP contribution in [0.3, 0.4) is 0 Å². The molecule has 2 amide bonds. The number of nitrogens with zero attached hydrogens (tertiary/aromatic N) is 1. The van der Waals surface area contributed by atoms with Gasteiger partial charge in [-0.05, 0) is 68.6 Å². The van der Waals surface area contributed by atoms with Crippen LogP contribution >= 0.6 is 11.6 Å². The topological polar surface area (TPSA) is 75.4 Å². The average molecular weight is 376 g/mol. The van der Waals surface area contributed by atoms with Gasteiger partial charge in [0.25, 0.3) is 5.91 Å². The van der Waals surface area contributed by atoms with Gasteiger partial charge in [-0.2, -0.15) is 0 Å². The van der Waals surface area contributed by atoms with Gasteiger partial charge in [-0.25, -0.2) is 0 Å². The molecule has 3 N–H and O–H groups in total. The van der Waals surface area contributed by atoms with Crippen molar-refractivity contribution in [3.63, 3.8) is 0 Å². The summed E-state index contributed by atoms with van der Waals surface area (Å²) in [5, 5.41) is 3.34. The molecule has 2 bridgehead atoms. The van der Waals surface area contributed by atoms with Crippen molar-refractivity contribution in [2.24, 2.45) is 23.5 Å². The highest BCUT2D eigenvalue weighted by molar-refractivity contribution is 6.34. The van der Waals surface area contributed by atoms with Gasteiger partial charge in [-0.1, -0.05) is 11.6 Å². The van der Waals surface area contributed by atoms with Crippen LogP contribution in [0.25, 0.3) is 0 Å². The number of nitrogens with two attached hydrogens (primary N) is 1. The predicted molar refractivity (Wildman–Crippen MR) is 102 cm³/mol. The molecule has 0 spiro atoms. The lowest BCUT2D eigenvalue weighted by atomic mass is 9.84. The summed E-state index contributed by atoms with van der Waals surface area (Å²) in [6.07, 6.45) is 6.58. The Morgan fingerprint density at radius 1 is 1.12 bits per heavy atom. The summed E-state index contributed by atoms with van der Waals surface area (Å²) in [5.41, 5.74) is 7.39. The molecular formula is C20H26ClN3O2. The van der Waals surface area contributed by atoms with Gasteiger partial charge in [0.2, 0.25) is 5.91 Å². The van der Waals surface area contributed by atoms with Crippen LogP contribution in [0.2, 0.25) is 5.02 Å². The van der Waals surface area contributed by atoms with E-state index in [0.29, 0.717) is 28.1 Å². The minimum absolute atomic E-state index is 0.0177. The lowest BCUT2D eigenvalue weighted by Gasteiger charge is -2.28. The van der Waals surface area contributed by atoms with Crippen LogP contribution in [-0.2, 0) is 4.79 Å².